The second kappa shape index (κ2) is 5.47. The molecule has 0 bridgehead atoms. The highest BCUT2D eigenvalue weighted by Gasteiger charge is 2.20. The van der Waals surface area contributed by atoms with Crippen LogP contribution in [-0.2, 0) is 9.53 Å². The quantitative estimate of drug-likeness (QED) is 0.853. The molecule has 1 unspecified atom stereocenters. The smallest absolute Gasteiger partial charge is 0.333 e. The molecule has 1 aromatic rings. The van der Waals surface area contributed by atoms with Crippen LogP contribution < -0.4 is 5.32 Å². The molecule has 0 amide bonds. The van der Waals surface area contributed by atoms with Gasteiger partial charge in [0.05, 0.1) is 13.2 Å². The maximum absolute atomic E-state index is 11.5. The van der Waals surface area contributed by atoms with Gasteiger partial charge in [-0.3, -0.25) is 0 Å². The van der Waals surface area contributed by atoms with Crippen molar-refractivity contribution in [3.63, 3.8) is 0 Å². The molecule has 0 fully saturated rings. The van der Waals surface area contributed by atoms with Crippen LogP contribution in [0.3, 0.4) is 0 Å². The van der Waals surface area contributed by atoms with E-state index in [1.807, 2.05) is 30.3 Å². The molecular formula is C13H14BrNO2. The van der Waals surface area contributed by atoms with Crippen molar-refractivity contribution in [2.75, 3.05) is 13.7 Å². The molecule has 1 aromatic carbocycles. The molecule has 1 atom stereocenters. The van der Waals surface area contributed by atoms with Gasteiger partial charge in [-0.05, 0) is 18.1 Å². The number of hydrogen-bond acceptors (Lipinski definition) is 3. The van der Waals surface area contributed by atoms with Crippen LogP contribution in [0.2, 0.25) is 0 Å². The van der Waals surface area contributed by atoms with Crippen molar-refractivity contribution in [3.8, 4) is 0 Å². The molecule has 1 aliphatic heterocycles. The van der Waals surface area contributed by atoms with Crippen LogP contribution >= 0.6 is 15.9 Å². The molecule has 17 heavy (non-hydrogen) atoms. The standard InChI is InChI=1S/C13H14BrNO2/c1-17-13(16)9-6-7-15-12(8-9)10-4-2-3-5-11(10)14/h2-5,8,12,15H,6-7H2,1H3. The molecule has 0 aliphatic carbocycles. The second-order valence-corrected chi connectivity index (χ2v) is 4.74. The molecule has 0 radical (unpaired) electrons. The molecule has 90 valence electrons. The summed E-state index contributed by atoms with van der Waals surface area (Å²) in [6.45, 7) is 0.785. The van der Waals surface area contributed by atoms with E-state index in [-0.39, 0.29) is 12.0 Å². The fourth-order valence-electron chi connectivity index (χ4n) is 1.93. The van der Waals surface area contributed by atoms with Crippen LogP contribution in [0.25, 0.3) is 0 Å². The number of carbonyl (C=O) groups is 1. The summed E-state index contributed by atoms with van der Waals surface area (Å²) in [5.41, 5.74) is 1.88. The number of halogens is 1. The molecule has 1 N–H and O–H groups in total. The maximum Gasteiger partial charge on any atom is 0.333 e. The van der Waals surface area contributed by atoms with E-state index < -0.39 is 0 Å². The fraction of sp³-hybridized carbons (Fsp3) is 0.308. The third-order valence-electron chi connectivity index (χ3n) is 2.81. The van der Waals surface area contributed by atoms with Crippen molar-refractivity contribution >= 4 is 21.9 Å². The van der Waals surface area contributed by atoms with Gasteiger partial charge in [0.25, 0.3) is 0 Å². The molecule has 3 nitrogen and oxygen atoms in total. The minimum absolute atomic E-state index is 0.0634. The number of carbonyl (C=O) groups excluding carboxylic acids is 1. The van der Waals surface area contributed by atoms with Crippen LogP contribution in [0.1, 0.15) is 18.0 Å². The highest BCUT2D eigenvalue weighted by Crippen LogP contribution is 2.27. The van der Waals surface area contributed by atoms with Gasteiger partial charge >= 0.3 is 5.97 Å². The summed E-state index contributed by atoms with van der Waals surface area (Å²) in [7, 11) is 1.42. The van der Waals surface area contributed by atoms with Crippen molar-refractivity contribution < 1.29 is 9.53 Å². The van der Waals surface area contributed by atoms with Gasteiger partial charge in [-0.2, -0.15) is 0 Å². The van der Waals surface area contributed by atoms with Crippen molar-refractivity contribution in [3.05, 3.63) is 46.0 Å². The Kier molecular flexibility index (Phi) is 3.97. The van der Waals surface area contributed by atoms with Gasteiger partial charge in [-0.15, -0.1) is 0 Å². The zero-order chi connectivity index (χ0) is 12.3. The van der Waals surface area contributed by atoms with E-state index in [0.29, 0.717) is 6.42 Å². The summed E-state index contributed by atoms with van der Waals surface area (Å²) in [6.07, 6.45) is 2.66. The van der Waals surface area contributed by atoms with E-state index in [0.717, 1.165) is 22.2 Å². The molecule has 1 heterocycles. The molecule has 2 rings (SSSR count). The van der Waals surface area contributed by atoms with Crippen LogP contribution in [-0.4, -0.2) is 19.6 Å². The van der Waals surface area contributed by atoms with Gasteiger partial charge in [0.2, 0.25) is 0 Å². The summed E-state index contributed by atoms with van der Waals surface area (Å²) in [6, 6.07) is 8.06. The second-order valence-electron chi connectivity index (χ2n) is 3.89. The van der Waals surface area contributed by atoms with E-state index in [4.69, 9.17) is 4.74 Å². The summed E-state index contributed by atoms with van der Waals surface area (Å²) in [5, 5.41) is 3.37. The van der Waals surface area contributed by atoms with Crippen LogP contribution in [0.5, 0.6) is 0 Å². The van der Waals surface area contributed by atoms with Gasteiger partial charge < -0.3 is 10.1 Å². The Balaban J connectivity index is 2.28. The van der Waals surface area contributed by atoms with Gasteiger partial charge in [0.15, 0.2) is 0 Å². The maximum atomic E-state index is 11.5. The largest absolute Gasteiger partial charge is 0.466 e. The third-order valence-corrected chi connectivity index (χ3v) is 3.54. The van der Waals surface area contributed by atoms with Crippen molar-refractivity contribution in [1.29, 1.82) is 0 Å². The number of esters is 1. The average Bonchev–Trinajstić information content (AvgIpc) is 2.38. The Morgan fingerprint density at radius 2 is 2.24 bits per heavy atom. The van der Waals surface area contributed by atoms with Crippen molar-refractivity contribution in [2.24, 2.45) is 0 Å². The Labute approximate surface area is 109 Å². The summed E-state index contributed by atoms with van der Waals surface area (Å²) in [4.78, 5) is 11.5. The van der Waals surface area contributed by atoms with Gasteiger partial charge in [0.1, 0.15) is 0 Å². The van der Waals surface area contributed by atoms with E-state index in [9.17, 15) is 4.79 Å². The van der Waals surface area contributed by atoms with Crippen LogP contribution in [0.4, 0.5) is 0 Å². The lowest BCUT2D eigenvalue weighted by Gasteiger charge is -2.23. The van der Waals surface area contributed by atoms with E-state index in [1.165, 1.54) is 7.11 Å². The van der Waals surface area contributed by atoms with Gasteiger partial charge in [-0.25, -0.2) is 4.79 Å². The normalized spacial score (nSPS) is 19.6. The molecule has 0 saturated carbocycles. The first-order valence-electron chi connectivity index (χ1n) is 5.49. The van der Waals surface area contributed by atoms with Gasteiger partial charge in [-0.1, -0.05) is 40.2 Å². The number of benzene rings is 1. The highest BCUT2D eigenvalue weighted by molar-refractivity contribution is 9.10. The zero-order valence-electron chi connectivity index (χ0n) is 9.57. The topological polar surface area (TPSA) is 38.3 Å². The molecule has 0 spiro atoms. The number of rotatable bonds is 2. The number of methoxy groups -OCH3 is 1. The Morgan fingerprint density at radius 1 is 1.47 bits per heavy atom. The van der Waals surface area contributed by atoms with Crippen LogP contribution in [0.15, 0.2) is 40.4 Å². The predicted molar refractivity (Wildman–Crippen MR) is 69.6 cm³/mol. The van der Waals surface area contributed by atoms with Crippen molar-refractivity contribution in [2.45, 2.75) is 12.5 Å². The van der Waals surface area contributed by atoms with Crippen LogP contribution in [0, 0.1) is 0 Å². The predicted octanol–water partition coefficient (Wildman–Crippen LogP) is 2.58. The first-order chi connectivity index (χ1) is 8.22. The number of hydrogen-bond donors (Lipinski definition) is 1. The molecule has 1 aliphatic rings. The highest BCUT2D eigenvalue weighted by atomic mass is 79.9. The molecule has 4 heteroatoms. The first kappa shape index (κ1) is 12.3. The Hall–Kier alpha value is -1.13. The minimum Gasteiger partial charge on any atom is -0.466 e. The summed E-state index contributed by atoms with van der Waals surface area (Å²) < 4.78 is 5.80. The SMILES string of the molecule is COC(=O)C1=CC(c2ccccc2Br)NCC1. The average molecular weight is 296 g/mol. The summed E-state index contributed by atoms with van der Waals surface area (Å²) in [5.74, 6) is -0.233. The summed E-state index contributed by atoms with van der Waals surface area (Å²) >= 11 is 3.52. The number of ether oxygens (including phenoxy) is 1. The van der Waals surface area contributed by atoms with Gasteiger partial charge in [0, 0.05) is 16.6 Å². The Bertz CT molecular complexity index is 456. The molecule has 0 saturated heterocycles. The van der Waals surface area contributed by atoms with E-state index >= 15 is 0 Å². The lowest BCUT2D eigenvalue weighted by Crippen LogP contribution is -2.28. The first-order valence-corrected chi connectivity index (χ1v) is 6.28. The number of nitrogens with one attached hydrogen (secondary N) is 1. The third kappa shape index (κ3) is 2.76. The minimum atomic E-state index is -0.233. The lowest BCUT2D eigenvalue weighted by atomic mass is 9.99. The zero-order valence-corrected chi connectivity index (χ0v) is 11.2. The lowest BCUT2D eigenvalue weighted by molar-refractivity contribution is -0.136. The molecular weight excluding hydrogens is 282 g/mol. The molecule has 0 aromatic heterocycles. The van der Waals surface area contributed by atoms with Crippen molar-refractivity contribution in [1.82, 2.24) is 5.32 Å². The Morgan fingerprint density at radius 3 is 2.94 bits per heavy atom. The monoisotopic (exact) mass is 295 g/mol. The fourth-order valence-corrected chi connectivity index (χ4v) is 2.47. The van der Waals surface area contributed by atoms with E-state index in [2.05, 4.69) is 21.2 Å². The van der Waals surface area contributed by atoms with E-state index in [1.54, 1.807) is 0 Å².